The van der Waals surface area contributed by atoms with Crippen LogP contribution in [0.15, 0.2) is 12.1 Å². The molecule has 1 heterocycles. The number of aromatic nitrogens is 1. The van der Waals surface area contributed by atoms with Gasteiger partial charge < -0.3 is 5.32 Å². The van der Waals surface area contributed by atoms with Crippen molar-refractivity contribution in [3.05, 3.63) is 27.1 Å². The van der Waals surface area contributed by atoms with E-state index in [2.05, 4.69) is 10.3 Å². The molecule has 94 valence electrons. The molecule has 7 heteroatoms. The highest BCUT2D eigenvalue weighted by Gasteiger charge is 2.32. The van der Waals surface area contributed by atoms with Gasteiger partial charge in [0.25, 0.3) is 0 Å². The van der Waals surface area contributed by atoms with Crippen LogP contribution in [0.1, 0.15) is 24.6 Å². The molecule has 0 bridgehead atoms. The molecule has 0 unspecified atom stereocenters. The Morgan fingerprint density at radius 1 is 1.47 bits per heavy atom. The smallest absolute Gasteiger partial charge is 0.352 e. The number of carbonyl (C=O) groups excluding carboxylic acids is 1. The van der Waals surface area contributed by atoms with Gasteiger partial charge in [0.2, 0.25) is 5.91 Å². The van der Waals surface area contributed by atoms with Crippen molar-refractivity contribution in [2.45, 2.75) is 26.1 Å². The summed E-state index contributed by atoms with van der Waals surface area (Å²) in [4.78, 5) is 14.5. The van der Waals surface area contributed by atoms with Gasteiger partial charge in [-0.05, 0) is 28.7 Å². The summed E-state index contributed by atoms with van der Waals surface area (Å²) in [6, 6.07) is 2.24. The number of nitrogens with zero attached hydrogens (tertiary/aromatic N) is 1. The summed E-state index contributed by atoms with van der Waals surface area (Å²) in [5, 5.41) is 2.58. The lowest BCUT2D eigenvalue weighted by molar-refractivity contribution is -0.141. The van der Waals surface area contributed by atoms with E-state index in [1.165, 1.54) is 6.07 Å². The zero-order chi connectivity index (χ0) is 13.1. The lowest BCUT2D eigenvalue weighted by atomic mass is 10.2. The maximum atomic E-state index is 12.3. The molecular formula is C10H10F3IN2O. The van der Waals surface area contributed by atoms with Crippen molar-refractivity contribution >= 4 is 28.5 Å². The number of carbonyl (C=O) groups is 1. The van der Waals surface area contributed by atoms with E-state index in [1.54, 1.807) is 29.5 Å². The Labute approximate surface area is 110 Å². The van der Waals surface area contributed by atoms with Crippen molar-refractivity contribution in [2.75, 3.05) is 0 Å². The van der Waals surface area contributed by atoms with Crippen LogP contribution in [0.25, 0.3) is 0 Å². The van der Waals surface area contributed by atoms with E-state index < -0.39 is 11.9 Å². The quantitative estimate of drug-likeness (QED) is 0.667. The van der Waals surface area contributed by atoms with Crippen LogP contribution in [0.5, 0.6) is 0 Å². The predicted molar refractivity (Wildman–Crippen MR) is 64.1 cm³/mol. The maximum Gasteiger partial charge on any atom is 0.433 e. The topological polar surface area (TPSA) is 42.0 Å². The Hall–Kier alpha value is -0.860. The summed E-state index contributed by atoms with van der Waals surface area (Å²) in [5.74, 6) is -0.152. The zero-order valence-corrected chi connectivity index (χ0v) is 11.1. The van der Waals surface area contributed by atoms with E-state index in [1.807, 2.05) is 0 Å². The van der Waals surface area contributed by atoms with E-state index in [0.29, 0.717) is 12.0 Å². The summed E-state index contributed by atoms with van der Waals surface area (Å²) in [6.45, 7) is 1.89. The molecule has 0 aliphatic rings. The molecule has 0 saturated carbocycles. The summed E-state index contributed by atoms with van der Waals surface area (Å²) < 4.78 is 37.2. The van der Waals surface area contributed by atoms with Crippen molar-refractivity contribution in [2.24, 2.45) is 0 Å². The zero-order valence-electron chi connectivity index (χ0n) is 8.94. The molecule has 0 fully saturated rings. The monoisotopic (exact) mass is 358 g/mol. The van der Waals surface area contributed by atoms with Crippen LogP contribution in [0.2, 0.25) is 0 Å². The molecule has 1 aromatic rings. The van der Waals surface area contributed by atoms with Crippen LogP contribution in [0.3, 0.4) is 0 Å². The van der Waals surface area contributed by atoms with Gasteiger partial charge in [-0.25, -0.2) is 4.98 Å². The van der Waals surface area contributed by atoms with Gasteiger partial charge in [0.05, 0.1) is 0 Å². The Balaban J connectivity index is 2.80. The molecule has 1 amide bonds. The van der Waals surface area contributed by atoms with E-state index in [9.17, 15) is 18.0 Å². The number of alkyl halides is 3. The third-order valence-corrected chi connectivity index (χ3v) is 2.95. The Morgan fingerprint density at radius 3 is 2.59 bits per heavy atom. The number of nitrogens with one attached hydrogen (secondary N) is 1. The maximum absolute atomic E-state index is 12.3. The van der Waals surface area contributed by atoms with Crippen molar-refractivity contribution in [3.63, 3.8) is 0 Å². The van der Waals surface area contributed by atoms with Gasteiger partial charge in [0, 0.05) is 18.5 Å². The molecule has 1 aromatic heterocycles. The van der Waals surface area contributed by atoms with Gasteiger partial charge in [0.15, 0.2) is 0 Å². The van der Waals surface area contributed by atoms with Crippen LogP contribution < -0.4 is 5.32 Å². The molecule has 0 atom stereocenters. The van der Waals surface area contributed by atoms with Crippen molar-refractivity contribution in [3.8, 4) is 0 Å². The van der Waals surface area contributed by atoms with Gasteiger partial charge >= 0.3 is 6.18 Å². The molecule has 17 heavy (non-hydrogen) atoms. The van der Waals surface area contributed by atoms with Crippen LogP contribution >= 0.6 is 22.6 Å². The summed E-state index contributed by atoms with van der Waals surface area (Å²) in [6.07, 6.45) is -4.10. The molecule has 0 spiro atoms. The normalized spacial score (nSPS) is 11.4. The van der Waals surface area contributed by atoms with E-state index in [0.717, 1.165) is 6.07 Å². The second-order valence-corrected chi connectivity index (χ2v) is 4.30. The highest BCUT2D eigenvalue weighted by atomic mass is 127. The predicted octanol–water partition coefficient (Wildman–Crippen LogP) is 2.73. The number of hydrogen-bond donors (Lipinski definition) is 1. The first-order valence-corrected chi connectivity index (χ1v) is 5.91. The molecule has 1 rings (SSSR count). The molecule has 0 radical (unpaired) electrons. The standard InChI is InChI=1S/C10H10F3IN2O/c1-2-8(17)15-5-6-3-4-7(10(11,12)13)16-9(6)14/h3-4H,2,5H2,1H3,(H,15,17). The fourth-order valence-corrected chi connectivity index (χ4v) is 1.70. The third-order valence-electron chi connectivity index (χ3n) is 2.01. The minimum absolute atomic E-state index is 0.152. The van der Waals surface area contributed by atoms with Crippen molar-refractivity contribution < 1.29 is 18.0 Å². The SMILES string of the molecule is CCC(=O)NCc1ccc(C(F)(F)F)nc1I. The first kappa shape index (κ1) is 14.2. The number of amides is 1. The summed E-state index contributed by atoms with van der Waals surface area (Å²) >= 11 is 1.72. The molecule has 0 aromatic carbocycles. The minimum Gasteiger partial charge on any atom is -0.352 e. The van der Waals surface area contributed by atoms with Crippen molar-refractivity contribution in [1.29, 1.82) is 0 Å². The van der Waals surface area contributed by atoms with Gasteiger partial charge in [-0.2, -0.15) is 13.2 Å². The fourth-order valence-electron chi connectivity index (χ4n) is 1.07. The van der Waals surface area contributed by atoms with Gasteiger partial charge in [-0.15, -0.1) is 0 Å². The molecule has 0 aliphatic heterocycles. The largest absolute Gasteiger partial charge is 0.433 e. The lowest BCUT2D eigenvalue weighted by Crippen LogP contribution is -2.22. The van der Waals surface area contributed by atoms with Crippen LogP contribution in [-0.4, -0.2) is 10.9 Å². The van der Waals surface area contributed by atoms with Gasteiger partial charge in [-0.3, -0.25) is 4.79 Å². The van der Waals surface area contributed by atoms with Crippen molar-refractivity contribution in [1.82, 2.24) is 10.3 Å². The molecular weight excluding hydrogens is 348 g/mol. The Bertz CT molecular complexity index is 421. The van der Waals surface area contributed by atoms with E-state index >= 15 is 0 Å². The third kappa shape index (κ3) is 4.14. The summed E-state index contributed by atoms with van der Waals surface area (Å²) in [7, 11) is 0. The van der Waals surface area contributed by atoms with Gasteiger partial charge in [0.1, 0.15) is 9.39 Å². The molecule has 1 N–H and O–H groups in total. The highest BCUT2D eigenvalue weighted by molar-refractivity contribution is 14.1. The fraction of sp³-hybridized carbons (Fsp3) is 0.400. The van der Waals surface area contributed by atoms with Crippen LogP contribution in [0, 0.1) is 3.70 Å². The first-order chi connectivity index (χ1) is 7.84. The van der Waals surface area contributed by atoms with E-state index in [4.69, 9.17) is 0 Å². The van der Waals surface area contributed by atoms with E-state index in [-0.39, 0.29) is 16.2 Å². The highest BCUT2D eigenvalue weighted by Crippen LogP contribution is 2.28. The minimum atomic E-state index is -4.44. The van der Waals surface area contributed by atoms with Crippen LogP contribution in [-0.2, 0) is 17.5 Å². The molecule has 0 aliphatic carbocycles. The van der Waals surface area contributed by atoms with Crippen LogP contribution in [0.4, 0.5) is 13.2 Å². The Morgan fingerprint density at radius 2 is 2.12 bits per heavy atom. The lowest BCUT2D eigenvalue weighted by Gasteiger charge is -2.09. The molecule has 3 nitrogen and oxygen atoms in total. The second-order valence-electron chi connectivity index (χ2n) is 3.27. The average Bonchev–Trinajstić information content (AvgIpc) is 2.25. The molecule has 0 saturated heterocycles. The average molecular weight is 358 g/mol. The Kier molecular flexibility index (Phi) is 4.72. The van der Waals surface area contributed by atoms with Gasteiger partial charge in [-0.1, -0.05) is 13.0 Å². The number of halogens is 4. The first-order valence-electron chi connectivity index (χ1n) is 4.84. The number of rotatable bonds is 3. The number of hydrogen-bond acceptors (Lipinski definition) is 2. The second kappa shape index (κ2) is 5.65. The summed E-state index contributed by atoms with van der Waals surface area (Å²) in [5.41, 5.74) is -0.354. The number of pyridine rings is 1.